The molecule has 86 valence electrons. The summed E-state index contributed by atoms with van der Waals surface area (Å²) in [5, 5.41) is 3.36. The highest BCUT2D eigenvalue weighted by atomic mass is 16.5. The predicted molar refractivity (Wildman–Crippen MR) is 67.5 cm³/mol. The first-order valence-corrected chi connectivity index (χ1v) is 5.65. The fourth-order valence-electron chi connectivity index (χ4n) is 1.57. The van der Waals surface area contributed by atoms with Crippen LogP contribution in [0.5, 0.6) is 5.75 Å². The molecule has 0 aliphatic rings. The molecular weight excluding hydrogens is 198 g/mol. The molecule has 0 radical (unpaired) electrons. The maximum absolute atomic E-state index is 5.57. The highest BCUT2D eigenvalue weighted by molar-refractivity contribution is 5.40. The minimum absolute atomic E-state index is 0.325. The van der Waals surface area contributed by atoms with Gasteiger partial charge in [0, 0.05) is 12.1 Å². The Kier molecular flexibility index (Phi) is 5.45. The normalized spacial score (nSPS) is 9.81. The summed E-state index contributed by atoms with van der Waals surface area (Å²) >= 11 is 0. The zero-order valence-electron chi connectivity index (χ0n) is 10.0. The molecule has 0 aliphatic carbocycles. The van der Waals surface area contributed by atoms with Gasteiger partial charge in [-0.25, -0.2) is 0 Å². The first kappa shape index (κ1) is 12.6. The van der Waals surface area contributed by atoms with Crippen molar-refractivity contribution < 1.29 is 4.74 Å². The minimum Gasteiger partial charge on any atom is -0.480 e. The average Bonchev–Trinajstić information content (AvgIpc) is 2.28. The van der Waals surface area contributed by atoms with Gasteiger partial charge in [0.1, 0.15) is 12.4 Å². The zero-order chi connectivity index (χ0) is 11.8. The Morgan fingerprint density at radius 3 is 2.94 bits per heavy atom. The van der Waals surface area contributed by atoms with Crippen molar-refractivity contribution in [3.8, 4) is 18.1 Å². The molecule has 1 N–H and O–H groups in total. The number of hydrogen-bond donors (Lipinski definition) is 1. The van der Waals surface area contributed by atoms with Crippen molar-refractivity contribution >= 4 is 0 Å². The summed E-state index contributed by atoms with van der Waals surface area (Å²) in [6.45, 7) is 6.36. The Labute approximate surface area is 98.0 Å². The Morgan fingerprint density at radius 2 is 2.25 bits per heavy atom. The topological polar surface area (TPSA) is 21.3 Å². The van der Waals surface area contributed by atoms with E-state index in [1.54, 1.807) is 0 Å². The van der Waals surface area contributed by atoms with E-state index >= 15 is 0 Å². The quantitative estimate of drug-likeness (QED) is 0.584. The smallest absolute Gasteiger partial charge is 0.148 e. The van der Waals surface area contributed by atoms with E-state index in [1.165, 1.54) is 5.56 Å². The molecule has 1 aromatic rings. The van der Waals surface area contributed by atoms with Crippen LogP contribution in [0.2, 0.25) is 0 Å². The van der Waals surface area contributed by atoms with E-state index in [9.17, 15) is 0 Å². The number of benzene rings is 1. The van der Waals surface area contributed by atoms with E-state index in [0.717, 1.165) is 30.8 Å². The molecule has 1 rings (SSSR count). The van der Waals surface area contributed by atoms with Gasteiger partial charge in [-0.3, -0.25) is 0 Å². The van der Waals surface area contributed by atoms with E-state index in [1.807, 2.05) is 19.1 Å². The van der Waals surface area contributed by atoms with Gasteiger partial charge < -0.3 is 10.1 Å². The first-order chi connectivity index (χ1) is 7.79. The predicted octanol–water partition coefficient (Wildman–Crippen LogP) is 2.51. The Morgan fingerprint density at radius 1 is 1.44 bits per heavy atom. The number of rotatable bonds is 6. The molecule has 0 heterocycles. The fourth-order valence-corrected chi connectivity index (χ4v) is 1.57. The lowest BCUT2D eigenvalue weighted by Crippen LogP contribution is -2.15. The Hall–Kier alpha value is -1.46. The molecule has 0 atom stereocenters. The molecule has 0 aromatic heterocycles. The Bertz CT molecular complexity index is 365. The van der Waals surface area contributed by atoms with Crippen molar-refractivity contribution in [1.82, 2.24) is 5.32 Å². The summed E-state index contributed by atoms with van der Waals surface area (Å²) in [5.74, 6) is 3.42. The standard InChI is InChI=1S/C14H19NO/c1-4-9-15-11-13-8-6-7-12(3)14(13)16-10-5-2/h2,6-8,15H,4,9-11H2,1,3H3. The summed E-state index contributed by atoms with van der Waals surface area (Å²) in [6, 6.07) is 6.15. The van der Waals surface area contributed by atoms with Gasteiger partial charge >= 0.3 is 0 Å². The maximum atomic E-state index is 5.57. The Balaban J connectivity index is 2.73. The van der Waals surface area contributed by atoms with Gasteiger partial charge in [0.2, 0.25) is 0 Å². The van der Waals surface area contributed by atoms with Gasteiger partial charge in [0.15, 0.2) is 0 Å². The monoisotopic (exact) mass is 217 g/mol. The second-order valence-corrected chi connectivity index (χ2v) is 3.73. The number of hydrogen-bond acceptors (Lipinski definition) is 2. The van der Waals surface area contributed by atoms with Crippen molar-refractivity contribution in [1.29, 1.82) is 0 Å². The molecule has 0 saturated heterocycles. The number of nitrogens with one attached hydrogen (secondary N) is 1. The van der Waals surface area contributed by atoms with Crippen LogP contribution in [0.3, 0.4) is 0 Å². The van der Waals surface area contributed by atoms with Crippen molar-refractivity contribution in [3.63, 3.8) is 0 Å². The van der Waals surface area contributed by atoms with Crippen molar-refractivity contribution in [3.05, 3.63) is 29.3 Å². The van der Waals surface area contributed by atoms with E-state index in [0.29, 0.717) is 6.61 Å². The second-order valence-electron chi connectivity index (χ2n) is 3.73. The molecule has 0 fully saturated rings. The van der Waals surface area contributed by atoms with Gasteiger partial charge in [0.05, 0.1) is 0 Å². The van der Waals surface area contributed by atoms with Crippen LogP contribution in [0.15, 0.2) is 18.2 Å². The fraction of sp³-hybridized carbons (Fsp3) is 0.429. The molecule has 0 amide bonds. The number of ether oxygens (including phenoxy) is 1. The molecule has 0 unspecified atom stereocenters. The number of terminal acetylenes is 1. The third-order valence-corrected chi connectivity index (χ3v) is 2.34. The van der Waals surface area contributed by atoms with Gasteiger partial charge in [-0.15, -0.1) is 6.42 Å². The SMILES string of the molecule is C#CCOc1c(C)cccc1CNCCC. The van der Waals surface area contributed by atoms with E-state index in [2.05, 4.69) is 24.2 Å². The lowest BCUT2D eigenvalue weighted by atomic mass is 10.1. The molecule has 16 heavy (non-hydrogen) atoms. The van der Waals surface area contributed by atoms with Gasteiger partial charge in [-0.2, -0.15) is 0 Å². The van der Waals surface area contributed by atoms with Crippen LogP contribution in [-0.4, -0.2) is 13.2 Å². The molecule has 2 heteroatoms. The van der Waals surface area contributed by atoms with Gasteiger partial charge in [0.25, 0.3) is 0 Å². The maximum Gasteiger partial charge on any atom is 0.148 e. The van der Waals surface area contributed by atoms with E-state index in [4.69, 9.17) is 11.2 Å². The molecule has 0 bridgehead atoms. The molecule has 2 nitrogen and oxygen atoms in total. The molecule has 0 spiro atoms. The van der Waals surface area contributed by atoms with Crippen LogP contribution in [0.25, 0.3) is 0 Å². The van der Waals surface area contributed by atoms with Crippen LogP contribution in [0.4, 0.5) is 0 Å². The third-order valence-electron chi connectivity index (χ3n) is 2.34. The molecule has 0 saturated carbocycles. The van der Waals surface area contributed by atoms with E-state index in [-0.39, 0.29) is 0 Å². The van der Waals surface area contributed by atoms with Crippen LogP contribution >= 0.6 is 0 Å². The van der Waals surface area contributed by atoms with Crippen molar-refractivity contribution in [2.24, 2.45) is 0 Å². The molecule has 1 aromatic carbocycles. The third kappa shape index (κ3) is 3.60. The highest BCUT2D eigenvalue weighted by Gasteiger charge is 2.05. The van der Waals surface area contributed by atoms with Crippen LogP contribution < -0.4 is 10.1 Å². The summed E-state index contributed by atoms with van der Waals surface area (Å²) in [4.78, 5) is 0. The van der Waals surface area contributed by atoms with Crippen LogP contribution in [0.1, 0.15) is 24.5 Å². The van der Waals surface area contributed by atoms with E-state index < -0.39 is 0 Å². The van der Waals surface area contributed by atoms with Gasteiger partial charge in [-0.1, -0.05) is 31.0 Å². The van der Waals surface area contributed by atoms with Crippen LogP contribution in [0, 0.1) is 19.3 Å². The van der Waals surface area contributed by atoms with Crippen molar-refractivity contribution in [2.45, 2.75) is 26.8 Å². The minimum atomic E-state index is 0.325. The largest absolute Gasteiger partial charge is 0.480 e. The van der Waals surface area contributed by atoms with Gasteiger partial charge in [-0.05, 0) is 25.5 Å². The average molecular weight is 217 g/mol. The summed E-state index contributed by atoms with van der Waals surface area (Å²) in [5.41, 5.74) is 2.30. The second kappa shape index (κ2) is 6.92. The zero-order valence-corrected chi connectivity index (χ0v) is 10.0. The summed E-state index contributed by atoms with van der Waals surface area (Å²) in [7, 11) is 0. The number of aryl methyl sites for hydroxylation is 1. The lowest BCUT2D eigenvalue weighted by molar-refractivity contribution is 0.362. The summed E-state index contributed by atoms with van der Waals surface area (Å²) < 4.78 is 5.57. The first-order valence-electron chi connectivity index (χ1n) is 5.65. The van der Waals surface area contributed by atoms with Crippen LogP contribution in [-0.2, 0) is 6.54 Å². The summed E-state index contributed by atoms with van der Waals surface area (Å²) in [6.07, 6.45) is 6.34. The lowest BCUT2D eigenvalue weighted by Gasteiger charge is -2.12. The highest BCUT2D eigenvalue weighted by Crippen LogP contribution is 2.23. The van der Waals surface area contributed by atoms with Crippen molar-refractivity contribution in [2.75, 3.05) is 13.2 Å². The molecular formula is C14H19NO. The molecule has 0 aliphatic heterocycles. The number of para-hydroxylation sites is 1.